The Kier molecular flexibility index (Phi) is 7.08. The Morgan fingerprint density at radius 1 is 1.25 bits per heavy atom. The van der Waals surface area contributed by atoms with Crippen molar-refractivity contribution in [1.29, 1.82) is 10.5 Å². The topological polar surface area (TPSA) is 100 Å². The molecule has 0 bridgehead atoms. The molecule has 0 saturated heterocycles. The monoisotopic (exact) mass is 394 g/mol. The van der Waals surface area contributed by atoms with Crippen molar-refractivity contribution in [2.75, 3.05) is 13.7 Å². The lowest BCUT2D eigenvalue weighted by Gasteiger charge is -2.04. The van der Waals surface area contributed by atoms with E-state index in [4.69, 9.17) is 9.47 Å². The van der Waals surface area contributed by atoms with Gasteiger partial charge in [0.2, 0.25) is 0 Å². The van der Waals surface area contributed by atoms with Crippen LogP contribution < -0.4 is 4.74 Å². The van der Waals surface area contributed by atoms with Crippen molar-refractivity contribution in [2.24, 2.45) is 0 Å². The SMILES string of the molecule is CCOC(=O)c1sc(CC(=O)/C(C#N)=C/c2ccccc2OC)c(C#N)c1C. The Morgan fingerprint density at radius 2 is 1.96 bits per heavy atom. The third-order valence-corrected chi connectivity index (χ3v) is 5.24. The largest absolute Gasteiger partial charge is 0.496 e. The molecule has 0 N–H and O–H groups in total. The van der Waals surface area contributed by atoms with Gasteiger partial charge < -0.3 is 9.47 Å². The molecule has 0 aliphatic rings. The minimum Gasteiger partial charge on any atom is -0.496 e. The van der Waals surface area contributed by atoms with Gasteiger partial charge in [-0.05, 0) is 31.6 Å². The molecule has 0 saturated carbocycles. The number of allylic oxidation sites excluding steroid dienone is 1. The molecular formula is C21H18N2O4S. The quantitative estimate of drug-likeness (QED) is 0.402. The van der Waals surface area contributed by atoms with Gasteiger partial charge >= 0.3 is 5.97 Å². The van der Waals surface area contributed by atoms with Crippen LogP contribution in [0.5, 0.6) is 5.75 Å². The standard InChI is InChI=1S/C21H18N2O4S/c1-4-27-21(25)20-13(2)16(12-23)19(28-20)10-17(24)15(11-22)9-14-7-5-6-8-18(14)26-3/h5-9H,4,10H2,1-3H3/b15-9+. The number of carbonyl (C=O) groups excluding carboxylic acids is 2. The fourth-order valence-corrected chi connectivity index (χ4v) is 3.74. The summed E-state index contributed by atoms with van der Waals surface area (Å²) in [6, 6.07) is 11.0. The number of ketones is 1. The Labute approximate surface area is 167 Å². The van der Waals surface area contributed by atoms with Crippen LogP contribution in [0.4, 0.5) is 0 Å². The maximum atomic E-state index is 12.7. The molecule has 28 heavy (non-hydrogen) atoms. The minimum absolute atomic E-state index is 0.0582. The van der Waals surface area contributed by atoms with Gasteiger partial charge in [0, 0.05) is 16.9 Å². The molecule has 0 radical (unpaired) electrons. The van der Waals surface area contributed by atoms with Crippen LogP contribution in [0.25, 0.3) is 6.08 Å². The summed E-state index contributed by atoms with van der Waals surface area (Å²) in [6.45, 7) is 3.55. The van der Waals surface area contributed by atoms with Crippen LogP contribution in [-0.4, -0.2) is 25.5 Å². The molecular weight excluding hydrogens is 376 g/mol. The van der Waals surface area contributed by atoms with E-state index in [0.29, 0.717) is 26.6 Å². The van der Waals surface area contributed by atoms with Gasteiger partial charge in [0.25, 0.3) is 0 Å². The molecule has 0 aliphatic heterocycles. The lowest BCUT2D eigenvalue weighted by Crippen LogP contribution is -2.05. The van der Waals surface area contributed by atoms with Crippen molar-refractivity contribution in [3.63, 3.8) is 0 Å². The van der Waals surface area contributed by atoms with E-state index in [2.05, 4.69) is 0 Å². The highest BCUT2D eigenvalue weighted by molar-refractivity contribution is 7.14. The molecule has 2 aromatic rings. The Balaban J connectivity index is 2.37. The van der Waals surface area contributed by atoms with Gasteiger partial charge in [-0.1, -0.05) is 18.2 Å². The number of hydrogen-bond acceptors (Lipinski definition) is 7. The van der Waals surface area contributed by atoms with Crippen LogP contribution in [0.1, 0.15) is 38.2 Å². The predicted molar refractivity (Wildman–Crippen MR) is 105 cm³/mol. The maximum absolute atomic E-state index is 12.7. The number of nitrogens with zero attached hydrogens (tertiary/aromatic N) is 2. The van der Waals surface area contributed by atoms with Crippen LogP contribution in [0.15, 0.2) is 29.8 Å². The number of hydrogen-bond donors (Lipinski definition) is 0. The van der Waals surface area contributed by atoms with E-state index in [9.17, 15) is 20.1 Å². The zero-order valence-electron chi connectivity index (χ0n) is 15.7. The van der Waals surface area contributed by atoms with E-state index in [0.717, 1.165) is 11.3 Å². The Hall–Kier alpha value is -3.42. The molecule has 1 heterocycles. The lowest BCUT2D eigenvalue weighted by molar-refractivity contribution is -0.114. The number of benzene rings is 1. The molecule has 1 aromatic carbocycles. The van der Waals surface area contributed by atoms with E-state index in [-0.39, 0.29) is 24.2 Å². The Bertz CT molecular complexity index is 1020. The van der Waals surface area contributed by atoms with E-state index >= 15 is 0 Å². The number of methoxy groups -OCH3 is 1. The fraction of sp³-hybridized carbons (Fsp3) is 0.238. The van der Waals surface area contributed by atoms with Gasteiger partial charge in [-0.2, -0.15) is 10.5 Å². The highest BCUT2D eigenvalue weighted by Crippen LogP contribution is 2.30. The van der Waals surface area contributed by atoms with E-state index in [1.54, 1.807) is 38.1 Å². The van der Waals surface area contributed by atoms with E-state index < -0.39 is 11.8 Å². The number of rotatable bonds is 7. The van der Waals surface area contributed by atoms with Gasteiger partial charge in [0.1, 0.15) is 22.8 Å². The Morgan fingerprint density at radius 3 is 2.57 bits per heavy atom. The molecule has 0 fully saturated rings. The number of para-hydroxylation sites is 1. The molecule has 7 heteroatoms. The molecule has 0 aliphatic carbocycles. The first kappa shape index (κ1) is 20.9. The summed E-state index contributed by atoms with van der Waals surface area (Å²) in [5.41, 5.74) is 1.30. The van der Waals surface area contributed by atoms with Crippen molar-refractivity contribution in [2.45, 2.75) is 20.3 Å². The summed E-state index contributed by atoms with van der Waals surface area (Å²) < 4.78 is 10.2. The van der Waals surface area contributed by atoms with Crippen LogP contribution in [-0.2, 0) is 16.0 Å². The minimum atomic E-state index is -0.523. The predicted octanol–water partition coefficient (Wildman–Crippen LogP) is 3.83. The average molecular weight is 394 g/mol. The summed E-state index contributed by atoms with van der Waals surface area (Å²) >= 11 is 1.05. The molecule has 1 aromatic heterocycles. The summed E-state index contributed by atoms with van der Waals surface area (Å²) in [7, 11) is 1.51. The number of ether oxygens (including phenoxy) is 2. The van der Waals surface area contributed by atoms with Gasteiger partial charge in [-0.25, -0.2) is 4.79 Å². The van der Waals surface area contributed by atoms with Crippen LogP contribution in [0, 0.1) is 29.6 Å². The van der Waals surface area contributed by atoms with Gasteiger partial charge in [-0.15, -0.1) is 11.3 Å². The number of esters is 1. The first-order valence-electron chi connectivity index (χ1n) is 8.44. The van der Waals surface area contributed by atoms with Crippen LogP contribution in [0.2, 0.25) is 0 Å². The van der Waals surface area contributed by atoms with Crippen molar-refractivity contribution in [1.82, 2.24) is 0 Å². The highest BCUT2D eigenvalue weighted by atomic mass is 32.1. The normalized spacial score (nSPS) is 10.7. The molecule has 6 nitrogen and oxygen atoms in total. The molecule has 0 amide bonds. The van der Waals surface area contributed by atoms with Gasteiger partial charge in [0.05, 0.1) is 24.9 Å². The lowest BCUT2D eigenvalue weighted by atomic mass is 10.0. The van der Waals surface area contributed by atoms with Crippen molar-refractivity contribution < 1.29 is 19.1 Å². The van der Waals surface area contributed by atoms with E-state index in [1.807, 2.05) is 12.1 Å². The van der Waals surface area contributed by atoms with Crippen molar-refractivity contribution in [3.05, 3.63) is 56.3 Å². The zero-order chi connectivity index (χ0) is 20.7. The van der Waals surface area contributed by atoms with Crippen LogP contribution in [0.3, 0.4) is 0 Å². The second kappa shape index (κ2) is 9.50. The molecule has 0 spiro atoms. The fourth-order valence-electron chi connectivity index (χ4n) is 2.59. The van der Waals surface area contributed by atoms with E-state index in [1.165, 1.54) is 13.2 Å². The average Bonchev–Trinajstić information content (AvgIpc) is 3.01. The summed E-state index contributed by atoms with van der Waals surface area (Å²) in [5, 5.41) is 18.9. The second-order valence-corrected chi connectivity index (χ2v) is 6.80. The smallest absolute Gasteiger partial charge is 0.348 e. The van der Waals surface area contributed by atoms with Gasteiger partial charge in [0.15, 0.2) is 5.78 Å². The number of nitriles is 2. The first-order valence-corrected chi connectivity index (χ1v) is 9.25. The highest BCUT2D eigenvalue weighted by Gasteiger charge is 2.23. The zero-order valence-corrected chi connectivity index (χ0v) is 16.6. The summed E-state index contributed by atoms with van der Waals surface area (Å²) in [5.74, 6) is -0.427. The third kappa shape index (κ3) is 4.46. The number of carbonyl (C=O) groups is 2. The first-order chi connectivity index (χ1) is 13.5. The molecule has 0 unspecified atom stereocenters. The summed E-state index contributed by atoms with van der Waals surface area (Å²) in [6.07, 6.45) is 1.31. The number of thiophene rings is 1. The summed E-state index contributed by atoms with van der Waals surface area (Å²) in [4.78, 5) is 25.5. The molecule has 0 atom stereocenters. The third-order valence-electron chi connectivity index (χ3n) is 3.97. The van der Waals surface area contributed by atoms with Crippen LogP contribution >= 0.6 is 11.3 Å². The van der Waals surface area contributed by atoms with Crippen molar-refractivity contribution in [3.8, 4) is 17.9 Å². The number of Topliss-reactive ketones (excluding diaryl/α,β-unsaturated/α-hetero) is 1. The maximum Gasteiger partial charge on any atom is 0.348 e. The van der Waals surface area contributed by atoms with Gasteiger partial charge in [-0.3, -0.25) is 4.79 Å². The second-order valence-electron chi connectivity index (χ2n) is 5.70. The molecule has 142 valence electrons. The van der Waals surface area contributed by atoms with Crippen molar-refractivity contribution >= 4 is 29.2 Å². The molecule has 2 rings (SSSR count).